The first-order valence-electron chi connectivity index (χ1n) is 7.52. The number of aromatic nitrogens is 2. The first-order valence-corrected chi connectivity index (χ1v) is 7.52. The van der Waals surface area contributed by atoms with Crippen LogP contribution in [-0.2, 0) is 6.54 Å². The molecule has 6 heteroatoms. The van der Waals surface area contributed by atoms with Crippen LogP contribution in [0.5, 0.6) is 0 Å². The summed E-state index contributed by atoms with van der Waals surface area (Å²) in [6, 6.07) is 14.4. The smallest absolute Gasteiger partial charge is 0.261 e. The van der Waals surface area contributed by atoms with Crippen LogP contribution in [0.15, 0.2) is 59.5 Å². The van der Waals surface area contributed by atoms with Crippen molar-refractivity contribution >= 4 is 17.0 Å². The molecule has 0 N–H and O–H groups in total. The Kier molecular flexibility index (Phi) is 4.20. The average molecular weight is 321 g/mol. The van der Waals surface area contributed by atoms with Crippen molar-refractivity contribution in [1.29, 1.82) is 0 Å². The lowest BCUT2D eigenvalue weighted by Crippen LogP contribution is -2.22. The van der Waals surface area contributed by atoms with Crippen molar-refractivity contribution in [3.05, 3.63) is 80.8 Å². The van der Waals surface area contributed by atoms with Crippen LogP contribution >= 0.6 is 0 Å². The van der Waals surface area contributed by atoms with Gasteiger partial charge in [0, 0.05) is 18.2 Å². The molecule has 6 nitrogen and oxygen atoms in total. The van der Waals surface area contributed by atoms with Crippen LogP contribution in [0.25, 0.3) is 28.4 Å². The number of benzene rings is 2. The molecule has 0 saturated heterocycles. The largest absolute Gasteiger partial charge is 0.292 e. The maximum Gasteiger partial charge on any atom is 0.261 e. The number of nitro groups is 1. The van der Waals surface area contributed by atoms with Crippen molar-refractivity contribution in [2.75, 3.05) is 0 Å². The summed E-state index contributed by atoms with van der Waals surface area (Å²) in [4.78, 5) is 27.3. The molecule has 2 aromatic carbocycles. The second-order valence-electron chi connectivity index (χ2n) is 5.23. The highest BCUT2D eigenvalue weighted by Crippen LogP contribution is 2.20. The molecule has 120 valence electrons. The van der Waals surface area contributed by atoms with Gasteiger partial charge in [0.1, 0.15) is 5.82 Å². The van der Waals surface area contributed by atoms with Gasteiger partial charge in [-0.05, 0) is 30.7 Å². The van der Waals surface area contributed by atoms with E-state index in [4.69, 9.17) is 0 Å². The van der Waals surface area contributed by atoms with Crippen LogP contribution < -0.4 is 5.56 Å². The highest BCUT2D eigenvalue weighted by atomic mass is 16.6. The first-order chi connectivity index (χ1) is 11.6. The van der Waals surface area contributed by atoms with Crippen molar-refractivity contribution in [3.63, 3.8) is 0 Å². The molecular formula is C18H15N3O3. The van der Waals surface area contributed by atoms with E-state index in [9.17, 15) is 14.9 Å². The van der Waals surface area contributed by atoms with Crippen LogP contribution in [0.4, 0.5) is 0 Å². The zero-order valence-corrected chi connectivity index (χ0v) is 13.0. The molecule has 0 aliphatic heterocycles. The Balaban J connectivity index is 2.21. The lowest BCUT2D eigenvalue weighted by Gasteiger charge is -2.12. The summed E-state index contributed by atoms with van der Waals surface area (Å²) in [5.74, 6) is 0.553. The van der Waals surface area contributed by atoms with Crippen molar-refractivity contribution in [2.24, 2.45) is 0 Å². The fraction of sp³-hybridized carbons (Fsp3) is 0.111. The predicted molar refractivity (Wildman–Crippen MR) is 93.1 cm³/mol. The van der Waals surface area contributed by atoms with Gasteiger partial charge in [0.15, 0.2) is 0 Å². The number of nitrogens with zero attached hydrogens (tertiary/aromatic N) is 3. The molecule has 0 bridgehead atoms. The van der Waals surface area contributed by atoms with E-state index in [1.807, 2.05) is 25.1 Å². The topological polar surface area (TPSA) is 78.0 Å². The third-order valence-electron chi connectivity index (χ3n) is 3.71. The van der Waals surface area contributed by atoms with Crippen LogP contribution in [0.2, 0.25) is 0 Å². The second kappa shape index (κ2) is 6.45. The minimum atomic E-state index is -0.511. The third kappa shape index (κ3) is 2.94. The van der Waals surface area contributed by atoms with E-state index in [0.717, 1.165) is 11.8 Å². The molecule has 0 amide bonds. The number of hydrogen-bond donors (Lipinski definition) is 0. The molecule has 3 aromatic rings. The average Bonchev–Trinajstić information content (AvgIpc) is 2.60. The van der Waals surface area contributed by atoms with Gasteiger partial charge < -0.3 is 0 Å². The summed E-state index contributed by atoms with van der Waals surface area (Å²) < 4.78 is 1.61. The molecule has 0 aliphatic rings. The van der Waals surface area contributed by atoms with Gasteiger partial charge in [-0.1, -0.05) is 30.3 Å². The van der Waals surface area contributed by atoms with Crippen LogP contribution in [0.1, 0.15) is 12.5 Å². The fourth-order valence-corrected chi connectivity index (χ4v) is 2.61. The maximum atomic E-state index is 12.7. The highest BCUT2D eigenvalue weighted by Gasteiger charge is 2.11. The Morgan fingerprint density at radius 1 is 1.21 bits per heavy atom. The van der Waals surface area contributed by atoms with Crippen LogP contribution in [0, 0.1) is 10.1 Å². The SMILES string of the molecule is CCn1c(-c2cccc(C=C[N+](=O)[O-])c2)nc2ccccc2c1=O. The fourth-order valence-electron chi connectivity index (χ4n) is 2.61. The van der Waals surface area contributed by atoms with Crippen LogP contribution in [0.3, 0.4) is 0 Å². The van der Waals surface area contributed by atoms with Gasteiger partial charge in [-0.2, -0.15) is 0 Å². The van der Waals surface area contributed by atoms with Crippen LogP contribution in [-0.4, -0.2) is 14.5 Å². The summed E-state index contributed by atoms with van der Waals surface area (Å²) in [6.45, 7) is 2.37. The Morgan fingerprint density at radius 3 is 2.75 bits per heavy atom. The number of rotatable bonds is 4. The molecule has 0 unspecified atom stereocenters. The second-order valence-corrected chi connectivity index (χ2v) is 5.23. The van der Waals surface area contributed by atoms with E-state index in [2.05, 4.69) is 4.98 Å². The van der Waals surface area contributed by atoms with Crippen molar-refractivity contribution in [2.45, 2.75) is 13.5 Å². The Hall–Kier alpha value is -3.28. The first kappa shape index (κ1) is 15.6. The maximum absolute atomic E-state index is 12.7. The Morgan fingerprint density at radius 2 is 2.00 bits per heavy atom. The molecule has 0 saturated carbocycles. The van der Waals surface area contributed by atoms with Crippen molar-refractivity contribution < 1.29 is 4.92 Å². The van der Waals surface area contributed by atoms with Gasteiger partial charge in [-0.15, -0.1) is 0 Å². The standard InChI is InChI=1S/C18H15N3O3/c1-2-20-17(19-16-9-4-3-8-15(16)18(20)22)14-7-5-6-13(12-14)10-11-21(23)24/h3-12H,2H2,1H3. The number of para-hydroxylation sites is 1. The summed E-state index contributed by atoms with van der Waals surface area (Å²) >= 11 is 0. The van der Waals surface area contributed by atoms with Gasteiger partial charge >= 0.3 is 0 Å². The number of hydrogen-bond acceptors (Lipinski definition) is 4. The van der Waals surface area contributed by atoms with Crippen molar-refractivity contribution in [3.8, 4) is 11.4 Å². The zero-order chi connectivity index (χ0) is 17.1. The van der Waals surface area contributed by atoms with Gasteiger partial charge in [0.2, 0.25) is 6.20 Å². The van der Waals surface area contributed by atoms with E-state index >= 15 is 0 Å². The molecule has 0 fully saturated rings. The highest BCUT2D eigenvalue weighted by molar-refractivity contribution is 5.79. The van der Waals surface area contributed by atoms with Crippen molar-refractivity contribution in [1.82, 2.24) is 9.55 Å². The lowest BCUT2D eigenvalue weighted by molar-refractivity contribution is -0.400. The summed E-state index contributed by atoms with van der Waals surface area (Å²) in [5.41, 5.74) is 1.96. The van der Waals surface area contributed by atoms with Gasteiger partial charge in [-0.25, -0.2) is 4.98 Å². The van der Waals surface area contributed by atoms with E-state index < -0.39 is 4.92 Å². The van der Waals surface area contributed by atoms with E-state index in [1.165, 1.54) is 6.08 Å². The lowest BCUT2D eigenvalue weighted by atomic mass is 10.1. The molecular weight excluding hydrogens is 306 g/mol. The number of fused-ring (bicyclic) bond motifs is 1. The Labute approximate surface area is 137 Å². The quantitative estimate of drug-likeness (QED) is 0.545. The van der Waals surface area contributed by atoms with E-state index in [-0.39, 0.29) is 5.56 Å². The monoisotopic (exact) mass is 321 g/mol. The zero-order valence-electron chi connectivity index (χ0n) is 13.0. The molecule has 3 rings (SSSR count). The van der Waals surface area contributed by atoms with E-state index in [0.29, 0.717) is 28.8 Å². The summed E-state index contributed by atoms with van der Waals surface area (Å²) in [7, 11) is 0. The molecule has 1 aromatic heterocycles. The Bertz CT molecular complexity index is 1010. The molecule has 24 heavy (non-hydrogen) atoms. The minimum Gasteiger partial charge on any atom is -0.292 e. The van der Waals surface area contributed by atoms with E-state index in [1.54, 1.807) is 34.9 Å². The summed E-state index contributed by atoms with van der Waals surface area (Å²) in [5, 5.41) is 11.1. The molecule has 0 spiro atoms. The van der Waals surface area contributed by atoms with Gasteiger partial charge in [0.25, 0.3) is 5.56 Å². The third-order valence-corrected chi connectivity index (χ3v) is 3.71. The van der Waals surface area contributed by atoms with Gasteiger partial charge in [0.05, 0.1) is 15.8 Å². The predicted octanol–water partition coefficient (Wildman–Crippen LogP) is 3.33. The molecule has 0 aliphatic carbocycles. The molecule has 1 heterocycles. The minimum absolute atomic E-state index is 0.0932. The molecule has 0 atom stereocenters. The summed E-state index contributed by atoms with van der Waals surface area (Å²) in [6.07, 6.45) is 2.30. The molecule has 0 radical (unpaired) electrons. The van der Waals surface area contributed by atoms with Gasteiger partial charge in [-0.3, -0.25) is 19.5 Å². The normalized spacial score (nSPS) is 11.2.